The fraction of sp³-hybridized carbons (Fsp3) is 0.200. The van der Waals surface area contributed by atoms with Crippen molar-refractivity contribution >= 4 is 21.6 Å². The first kappa shape index (κ1) is 15.6. The number of benzene rings is 2. The second kappa shape index (κ2) is 6.78. The van der Waals surface area contributed by atoms with Crippen molar-refractivity contribution in [1.29, 1.82) is 0 Å². The average molecular weight is 353 g/mol. The van der Waals surface area contributed by atoms with E-state index in [1.807, 2.05) is 31.2 Å². The van der Waals surface area contributed by atoms with Gasteiger partial charge in [0.05, 0.1) is 4.92 Å². The number of nitro groups is 1. The smallest absolute Gasteiger partial charge is 0.304 e. The molecule has 0 unspecified atom stereocenters. The minimum atomic E-state index is -0.810. The molecule has 1 atom stereocenters. The van der Waals surface area contributed by atoms with Gasteiger partial charge in [-0.3, -0.25) is 10.1 Å². The normalized spacial score (nSPS) is 12.1. The number of nitrogens with zero attached hydrogens (tertiary/aromatic N) is 1. The van der Waals surface area contributed by atoms with E-state index in [1.165, 1.54) is 12.1 Å². The largest absolute Gasteiger partial charge is 0.306 e. The molecule has 0 fully saturated rings. The van der Waals surface area contributed by atoms with Crippen LogP contribution in [0.4, 0.5) is 10.1 Å². The Bertz CT molecular complexity index is 647. The van der Waals surface area contributed by atoms with Gasteiger partial charge in [0.2, 0.25) is 5.82 Å². The second-order valence-electron chi connectivity index (χ2n) is 4.70. The van der Waals surface area contributed by atoms with E-state index >= 15 is 0 Å². The first-order valence-electron chi connectivity index (χ1n) is 6.39. The van der Waals surface area contributed by atoms with E-state index in [4.69, 9.17) is 0 Å². The van der Waals surface area contributed by atoms with Crippen LogP contribution in [-0.2, 0) is 6.54 Å². The van der Waals surface area contributed by atoms with E-state index in [1.54, 1.807) is 6.07 Å². The second-order valence-corrected chi connectivity index (χ2v) is 5.61. The van der Waals surface area contributed by atoms with Crippen LogP contribution in [0.3, 0.4) is 0 Å². The summed E-state index contributed by atoms with van der Waals surface area (Å²) in [7, 11) is 0. The average Bonchev–Trinajstić information content (AvgIpc) is 2.45. The minimum Gasteiger partial charge on any atom is -0.306 e. The highest BCUT2D eigenvalue weighted by molar-refractivity contribution is 9.10. The predicted octanol–water partition coefficient (Wildman–Crippen LogP) is 4.35. The molecule has 0 aromatic heterocycles. The van der Waals surface area contributed by atoms with Crippen LogP contribution in [0.15, 0.2) is 46.9 Å². The van der Waals surface area contributed by atoms with Crippen LogP contribution >= 0.6 is 15.9 Å². The van der Waals surface area contributed by atoms with Gasteiger partial charge in [0.1, 0.15) is 0 Å². The summed E-state index contributed by atoms with van der Waals surface area (Å²) in [6.45, 7) is 2.44. The molecule has 4 nitrogen and oxygen atoms in total. The molecule has 0 heterocycles. The topological polar surface area (TPSA) is 55.2 Å². The number of hydrogen-bond donors (Lipinski definition) is 1. The van der Waals surface area contributed by atoms with Gasteiger partial charge in [-0.15, -0.1) is 0 Å². The molecule has 2 rings (SSSR count). The molecule has 0 spiro atoms. The van der Waals surface area contributed by atoms with Gasteiger partial charge in [-0.25, -0.2) is 0 Å². The maximum Gasteiger partial charge on any atom is 0.304 e. The third kappa shape index (κ3) is 4.09. The lowest BCUT2D eigenvalue weighted by Crippen LogP contribution is -2.18. The number of rotatable bonds is 5. The lowest BCUT2D eigenvalue weighted by Gasteiger charge is -2.14. The van der Waals surface area contributed by atoms with Crippen LogP contribution in [0.25, 0.3) is 0 Å². The lowest BCUT2D eigenvalue weighted by atomic mass is 10.1. The molecule has 110 valence electrons. The molecule has 2 aromatic carbocycles. The Morgan fingerprint density at radius 3 is 2.52 bits per heavy atom. The molecule has 0 saturated carbocycles. The molecule has 6 heteroatoms. The van der Waals surface area contributed by atoms with E-state index < -0.39 is 16.4 Å². The molecule has 2 aromatic rings. The fourth-order valence-electron chi connectivity index (χ4n) is 1.95. The van der Waals surface area contributed by atoms with Crippen molar-refractivity contribution in [1.82, 2.24) is 5.32 Å². The number of halogens is 2. The maximum atomic E-state index is 13.5. The summed E-state index contributed by atoms with van der Waals surface area (Å²) in [5.41, 5.74) is 1.28. The number of nitrogens with one attached hydrogen (secondary N) is 1. The summed E-state index contributed by atoms with van der Waals surface area (Å²) in [4.78, 5) is 9.83. The Labute approximate surface area is 130 Å². The van der Waals surface area contributed by atoms with Gasteiger partial charge in [-0.1, -0.05) is 34.1 Å². The summed E-state index contributed by atoms with van der Waals surface area (Å²) in [5.74, 6) is -0.810. The summed E-state index contributed by atoms with van der Waals surface area (Å²) < 4.78 is 14.5. The van der Waals surface area contributed by atoms with Crippen LogP contribution in [0.2, 0.25) is 0 Å². The summed E-state index contributed by atoms with van der Waals surface area (Å²) >= 11 is 3.38. The highest BCUT2D eigenvalue weighted by Gasteiger charge is 2.14. The first-order valence-corrected chi connectivity index (χ1v) is 7.18. The molecule has 0 bridgehead atoms. The molecule has 21 heavy (non-hydrogen) atoms. The third-order valence-electron chi connectivity index (χ3n) is 3.19. The van der Waals surface area contributed by atoms with Gasteiger partial charge in [-0.2, -0.15) is 4.39 Å². The van der Waals surface area contributed by atoms with Crippen LogP contribution in [-0.4, -0.2) is 4.92 Å². The van der Waals surface area contributed by atoms with E-state index in [2.05, 4.69) is 21.2 Å². The Morgan fingerprint density at radius 2 is 1.95 bits per heavy atom. The van der Waals surface area contributed by atoms with E-state index in [0.29, 0.717) is 12.1 Å². The monoisotopic (exact) mass is 352 g/mol. The van der Waals surface area contributed by atoms with Crippen molar-refractivity contribution in [2.24, 2.45) is 0 Å². The lowest BCUT2D eigenvalue weighted by molar-refractivity contribution is -0.387. The van der Waals surface area contributed by atoms with Gasteiger partial charge < -0.3 is 5.32 Å². The Balaban J connectivity index is 2.01. The molecule has 0 aliphatic rings. The third-order valence-corrected chi connectivity index (χ3v) is 3.72. The van der Waals surface area contributed by atoms with Gasteiger partial charge in [0.25, 0.3) is 0 Å². The van der Waals surface area contributed by atoms with Gasteiger partial charge in [0, 0.05) is 23.1 Å². The van der Waals surface area contributed by atoms with Gasteiger partial charge >= 0.3 is 5.69 Å². The number of nitro benzene ring substituents is 1. The molecule has 0 aliphatic carbocycles. The summed E-state index contributed by atoms with van der Waals surface area (Å²) in [6, 6.07) is 11.9. The SMILES string of the molecule is C[C@@H](NCc1ccc([N+](=O)[O-])c(F)c1)c1ccc(Br)cc1. The van der Waals surface area contributed by atoms with Crippen molar-refractivity contribution < 1.29 is 9.31 Å². The van der Waals surface area contributed by atoms with Crippen LogP contribution in [0.1, 0.15) is 24.1 Å². The molecule has 0 radical (unpaired) electrons. The molecular weight excluding hydrogens is 339 g/mol. The zero-order valence-electron chi connectivity index (χ0n) is 11.3. The van der Waals surface area contributed by atoms with Crippen molar-refractivity contribution in [3.05, 3.63) is 74.0 Å². The minimum absolute atomic E-state index is 0.0938. The zero-order chi connectivity index (χ0) is 15.4. The standard InChI is InChI=1S/C15H14BrFN2O2/c1-10(12-3-5-13(16)6-4-12)18-9-11-2-7-15(19(20)21)14(17)8-11/h2-8,10,18H,9H2,1H3/t10-/m1/s1. The molecule has 0 amide bonds. The van der Waals surface area contributed by atoms with Crippen molar-refractivity contribution in [2.75, 3.05) is 0 Å². The van der Waals surface area contributed by atoms with Crippen molar-refractivity contribution in [3.8, 4) is 0 Å². The van der Waals surface area contributed by atoms with Crippen LogP contribution in [0, 0.1) is 15.9 Å². The molecular formula is C15H14BrFN2O2. The molecule has 1 N–H and O–H groups in total. The van der Waals surface area contributed by atoms with E-state index in [9.17, 15) is 14.5 Å². The van der Waals surface area contributed by atoms with Crippen LogP contribution < -0.4 is 5.32 Å². The van der Waals surface area contributed by atoms with Gasteiger partial charge in [0.15, 0.2) is 0 Å². The number of hydrogen-bond acceptors (Lipinski definition) is 3. The van der Waals surface area contributed by atoms with Crippen LogP contribution in [0.5, 0.6) is 0 Å². The maximum absolute atomic E-state index is 13.5. The van der Waals surface area contributed by atoms with Crippen molar-refractivity contribution in [2.45, 2.75) is 19.5 Å². The van der Waals surface area contributed by atoms with E-state index in [-0.39, 0.29) is 6.04 Å². The zero-order valence-corrected chi connectivity index (χ0v) is 12.9. The predicted molar refractivity (Wildman–Crippen MR) is 82.5 cm³/mol. The van der Waals surface area contributed by atoms with Crippen molar-refractivity contribution in [3.63, 3.8) is 0 Å². The Morgan fingerprint density at radius 1 is 1.29 bits per heavy atom. The highest BCUT2D eigenvalue weighted by atomic mass is 79.9. The first-order chi connectivity index (χ1) is 9.97. The Kier molecular flexibility index (Phi) is 5.03. The quantitative estimate of drug-likeness (QED) is 0.642. The summed E-state index contributed by atoms with van der Waals surface area (Å²) in [6.07, 6.45) is 0. The summed E-state index contributed by atoms with van der Waals surface area (Å²) in [5, 5.41) is 13.8. The highest BCUT2D eigenvalue weighted by Crippen LogP contribution is 2.20. The van der Waals surface area contributed by atoms with Gasteiger partial charge in [-0.05, 0) is 36.2 Å². The molecule has 0 saturated heterocycles. The van der Waals surface area contributed by atoms with E-state index in [0.717, 1.165) is 10.0 Å². The molecule has 0 aliphatic heterocycles. The fourth-order valence-corrected chi connectivity index (χ4v) is 2.21. The Hall–Kier alpha value is -1.79.